The molecule has 1 aliphatic rings. The topological polar surface area (TPSA) is 51.9 Å². The van der Waals surface area contributed by atoms with Crippen LogP contribution < -0.4 is 11.0 Å². The quantitative estimate of drug-likeness (QED) is 0.886. The predicted molar refractivity (Wildman–Crippen MR) is 69.8 cm³/mol. The third-order valence-electron chi connectivity index (χ3n) is 3.25. The van der Waals surface area contributed by atoms with Crippen molar-refractivity contribution in [2.45, 2.75) is 25.4 Å². The average Bonchev–Trinajstić information content (AvgIpc) is 3.17. The second-order valence-electron chi connectivity index (χ2n) is 4.63. The molecule has 2 aromatic rings. The molecule has 1 saturated carbocycles. The molecule has 5 heteroatoms. The zero-order valence-electron chi connectivity index (χ0n) is 10.3. The van der Waals surface area contributed by atoms with Crippen molar-refractivity contribution >= 4 is 5.69 Å². The number of aromatic nitrogens is 3. The van der Waals surface area contributed by atoms with Crippen LogP contribution in [0.5, 0.6) is 0 Å². The second-order valence-corrected chi connectivity index (χ2v) is 4.63. The molecule has 0 atom stereocenters. The number of hydrogen-bond acceptors (Lipinski definition) is 3. The van der Waals surface area contributed by atoms with Gasteiger partial charge in [0.2, 0.25) is 0 Å². The van der Waals surface area contributed by atoms with Crippen molar-refractivity contribution in [3.05, 3.63) is 46.9 Å². The fraction of sp³-hybridized carbons (Fsp3) is 0.385. The maximum Gasteiger partial charge on any atom is 0.328 e. The summed E-state index contributed by atoms with van der Waals surface area (Å²) in [6, 6.07) is 4.29. The van der Waals surface area contributed by atoms with Crippen LogP contribution in [-0.2, 0) is 6.54 Å². The van der Waals surface area contributed by atoms with Gasteiger partial charge in [0, 0.05) is 37.4 Å². The molecule has 0 radical (unpaired) electrons. The highest BCUT2D eigenvalue weighted by Gasteiger charge is 2.25. The van der Waals surface area contributed by atoms with Gasteiger partial charge >= 0.3 is 5.69 Å². The van der Waals surface area contributed by atoms with Crippen LogP contribution in [0.4, 0.5) is 5.69 Å². The summed E-state index contributed by atoms with van der Waals surface area (Å²) in [4.78, 5) is 16.4. The lowest BCUT2D eigenvalue weighted by Gasteiger charge is -2.04. The van der Waals surface area contributed by atoms with Crippen molar-refractivity contribution in [3.8, 4) is 0 Å². The molecule has 0 spiro atoms. The smallest absolute Gasteiger partial charge is 0.328 e. The highest BCUT2D eigenvalue weighted by Crippen LogP contribution is 2.33. The van der Waals surface area contributed by atoms with Crippen molar-refractivity contribution < 1.29 is 0 Å². The van der Waals surface area contributed by atoms with Gasteiger partial charge in [-0.2, -0.15) is 0 Å². The minimum Gasteiger partial charge on any atom is -0.388 e. The Hall–Kier alpha value is -2.04. The molecule has 94 valence electrons. The predicted octanol–water partition coefficient (Wildman–Crippen LogP) is 1.47. The average molecular weight is 244 g/mol. The summed E-state index contributed by atoms with van der Waals surface area (Å²) in [5.74, 6) is 0. The van der Waals surface area contributed by atoms with Gasteiger partial charge in [0.05, 0.1) is 12.2 Å². The zero-order chi connectivity index (χ0) is 12.5. The summed E-state index contributed by atoms with van der Waals surface area (Å²) in [6.07, 6.45) is 7.72. The summed E-state index contributed by atoms with van der Waals surface area (Å²) in [7, 11) is 1.87. The van der Waals surface area contributed by atoms with Crippen molar-refractivity contribution in [1.29, 1.82) is 0 Å². The first-order valence-corrected chi connectivity index (χ1v) is 6.18. The van der Waals surface area contributed by atoms with Crippen molar-refractivity contribution in [1.82, 2.24) is 14.1 Å². The van der Waals surface area contributed by atoms with Crippen LogP contribution in [-0.4, -0.2) is 21.2 Å². The Labute approximate surface area is 105 Å². The number of anilines is 1. The molecular formula is C13H16N4O. The molecule has 0 amide bonds. The normalized spacial score (nSPS) is 14.7. The molecule has 18 heavy (non-hydrogen) atoms. The van der Waals surface area contributed by atoms with E-state index in [2.05, 4.69) is 10.3 Å². The maximum absolute atomic E-state index is 12.1. The van der Waals surface area contributed by atoms with Crippen LogP contribution in [0.1, 0.15) is 24.6 Å². The molecule has 0 unspecified atom stereocenters. The molecule has 3 rings (SSSR count). The van der Waals surface area contributed by atoms with E-state index in [1.807, 2.05) is 36.1 Å². The summed E-state index contributed by atoms with van der Waals surface area (Å²) < 4.78 is 3.53. The van der Waals surface area contributed by atoms with Crippen molar-refractivity contribution in [3.63, 3.8) is 0 Å². The van der Waals surface area contributed by atoms with E-state index >= 15 is 0 Å². The number of imidazole rings is 1. The lowest BCUT2D eigenvalue weighted by molar-refractivity contribution is 0.651. The first-order chi connectivity index (χ1) is 8.78. The van der Waals surface area contributed by atoms with Crippen LogP contribution in [0, 0.1) is 0 Å². The first-order valence-electron chi connectivity index (χ1n) is 6.18. The van der Waals surface area contributed by atoms with Crippen LogP contribution in [0.15, 0.2) is 35.5 Å². The number of rotatable bonds is 4. The second kappa shape index (κ2) is 4.33. The fourth-order valence-electron chi connectivity index (χ4n) is 2.07. The molecule has 2 heterocycles. The SMILES string of the molecule is CNc1ccnc(Cn2ccn(C3CC3)c2=O)c1. The number of hydrogen-bond donors (Lipinski definition) is 1. The van der Waals surface area contributed by atoms with E-state index in [9.17, 15) is 4.79 Å². The van der Waals surface area contributed by atoms with Crippen molar-refractivity contribution in [2.75, 3.05) is 12.4 Å². The van der Waals surface area contributed by atoms with Gasteiger partial charge in [-0.3, -0.25) is 14.1 Å². The number of nitrogens with zero attached hydrogens (tertiary/aromatic N) is 3. The van der Waals surface area contributed by atoms with Crippen LogP contribution in [0.2, 0.25) is 0 Å². The van der Waals surface area contributed by atoms with Crippen LogP contribution >= 0.6 is 0 Å². The molecule has 0 saturated heterocycles. The minimum atomic E-state index is 0.0640. The Morgan fingerprint density at radius 2 is 2.28 bits per heavy atom. The van der Waals surface area contributed by atoms with E-state index in [4.69, 9.17) is 0 Å². The van der Waals surface area contributed by atoms with Gasteiger partial charge in [-0.15, -0.1) is 0 Å². The Balaban J connectivity index is 1.85. The minimum absolute atomic E-state index is 0.0640. The zero-order valence-corrected chi connectivity index (χ0v) is 10.3. The molecule has 0 bridgehead atoms. The summed E-state index contributed by atoms with van der Waals surface area (Å²) >= 11 is 0. The van der Waals surface area contributed by atoms with Crippen LogP contribution in [0.3, 0.4) is 0 Å². The Kier molecular flexibility index (Phi) is 2.66. The molecule has 0 aliphatic heterocycles. The molecular weight excluding hydrogens is 228 g/mol. The van der Waals surface area contributed by atoms with E-state index in [1.165, 1.54) is 0 Å². The third kappa shape index (κ3) is 2.03. The Morgan fingerprint density at radius 1 is 1.44 bits per heavy atom. The molecule has 0 aromatic carbocycles. The van der Waals surface area contributed by atoms with Gasteiger partial charge in [0.1, 0.15) is 0 Å². The van der Waals surface area contributed by atoms with Gasteiger partial charge < -0.3 is 5.32 Å². The maximum atomic E-state index is 12.1. The molecule has 5 nitrogen and oxygen atoms in total. The van der Waals surface area contributed by atoms with E-state index in [-0.39, 0.29) is 5.69 Å². The van der Waals surface area contributed by atoms with Gasteiger partial charge in [-0.05, 0) is 25.0 Å². The van der Waals surface area contributed by atoms with Gasteiger partial charge in [-0.1, -0.05) is 0 Å². The lowest BCUT2D eigenvalue weighted by atomic mass is 10.3. The number of nitrogens with one attached hydrogen (secondary N) is 1. The van der Waals surface area contributed by atoms with Crippen molar-refractivity contribution in [2.24, 2.45) is 0 Å². The summed E-state index contributed by atoms with van der Waals surface area (Å²) in [5.41, 5.74) is 1.96. The van der Waals surface area contributed by atoms with Gasteiger partial charge in [0.15, 0.2) is 0 Å². The molecule has 1 N–H and O–H groups in total. The highest BCUT2D eigenvalue weighted by atomic mass is 16.1. The van der Waals surface area contributed by atoms with Gasteiger partial charge in [0.25, 0.3) is 0 Å². The lowest BCUT2D eigenvalue weighted by Crippen LogP contribution is -2.24. The first kappa shape index (κ1) is 11.1. The molecule has 1 aliphatic carbocycles. The fourth-order valence-corrected chi connectivity index (χ4v) is 2.07. The van der Waals surface area contributed by atoms with E-state index < -0.39 is 0 Å². The van der Waals surface area contributed by atoms with Gasteiger partial charge in [-0.25, -0.2) is 4.79 Å². The summed E-state index contributed by atoms with van der Waals surface area (Å²) in [5, 5.41) is 3.07. The molecule has 2 aromatic heterocycles. The Bertz CT molecular complexity index is 609. The van der Waals surface area contributed by atoms with E-state index in [0.717, 1.165) is 24.2 Å². The third-order valence-corrected chi connectivity index (χ3v) is 3.25. The highest BCUT2D eigenvalue weighted by molar-refractivity contribution is 5.42. The standard InChI is InChI=1S/C13H16N4O/c1-14-10-4-5-15-11(8-10)9-16-6-7-17(13(16)18)12-2-3-12/h4-8,12H,2-3,9H2,1H3,(H,14,15). The molecule has 1 fully saturated rings. The monoisotopic (exact) mass is 244 g/mol. The van der Waals surface area contributed by atoms with E-state index in [1.54, 1.807) is 10.8 Å². The largest absolute Gasteiger partial charge is 0.388 e. The number of pyridine rings is 1. The van der Waals surface area contributed by atoms with Crippen LogP contribution in [0.25, 0.3) is 0 Å². The Morgan fingerprint density at radius 3 is 3.00 bits per heavy atom. The van der Waals surface area contributed by atoms with E-state index in [0.29, 0.717) is 12.6 Å². The summed E-state index contributed by atoms with van der Waals surface area (Å²) in [6.45, 7) is 0.522.